The molecule has 90 valence electrons. The Morgan fingerprint density at radius 3 is 2.88 bits per heavy atom. The lowest BCUT2D eigenvalue weighted by Crippen LogP contribution is -2.41. The second-order valence-corrected chi connectivity index (χ2v) is 6.02. The van der Waals surface area contributed by atoms with Gasteiger partial charge in [-0.15, -0.1) is 11.3 Å². The highest BCUT2D eigenvalue weighted by Gasteiger charge is 2.24. The van der Waals surface area contributed by atoms with Gasteiger partial charge in [0.1, 0.15) is 0 Å². The van der Waals surface area contributed by atoms with E-state index in [4.69, 9.17) is 0 Å². The minimum absolute atomic E-state index is 0.395. The van der Waals surface area contributed by atoms with Crippen molar-refractivity contribution < 1.29 is 0 Å². The summed E-state index contributed by atoms with van der Waals surface area (Å²) in [7, 11) is 0. The Hall–Kier alpha value is -1.13. The largest absolute Gasteiger partial charge is 0.326 e. The Bertz CT molecular complexity index is 510. The van der Waals surface area contributed by atoms with Gasteiger partial charge in [0.2, 0.25) is 0 Å². The number of hydrogen-bond donors (Lipinski definition) is 1. The second kappa shape index (κ2) is 4.27. The van der Waals surface area contributed by atoms with Gasteiger partial charge in [-0.3, -0.25) is 0 Å². The lowest BCUT2D eigenvalue weighted by atomic mass is 9.99. The monoisotopic (exact) mass is 247 g/mol. The molecule has 0 amide bonds. The molecule has 0 aromatic carbocycles. The number of rotatable bonds is 3. The van der Waals surface area contributed by atoms with E-state index in [1.807, 2.05) is 23.9 Å². The Labute approximate surface area is 106 Å². The Kier molecular flexibility index (Phi) is 2.76. The number of thiophene rings is 1. The maximum atomic E-state index is 4.32. The molecule has 1 saturated heterocycles. The highest BCUT2D eigenvalue weighted by atomic mass is 32.1. The first-order valence-electron chi connectivity index (χ1n) is 6.04. The summed E-state index contributed by atoms with van der Waals surface area (Å²) in [5, 5.41) is 3.32. The van der Waals surface area contributed by atoms with E-state index in [1.165, 1.54) is 15.4 Å². The summed E-state index contributed by atoms with van der Waals surface area (Å²) in [6, 6.07) is 4.82. The quantitative estimate of drug-likeness (QED) is 0.903. The molecule has 0 aliphatic carbocycles. The highest BCUT2D eigenvalue weighted by Crippen LogP contribution is 2.29. The van der Waals surface area contributed by atoms with E-state index in [0.717, 1.165) is 13.1 Å². The molecule has 0 radical (unpaired) electrons. The molecule has 4 heteroatoms. The molecule has 1 N–H and O–H groups in total. The van der Waals surface area contributed by atoms with Crippen LogP contribution in [0.25, 0.3) is 0 Å². The Morgan fingerprint density at radius 1 is 1.47 bits per heavy atom. The van der Waals surface area contributed by atoms with Gasteiger partial charge < -0.3 is 9.88 Å². The first kappa shape index (κ1) is 11.0. The molecule has 1 unspecified atom stereocenters. The standard InChI is InChI=1S/C13H17N3S/c1-9-3-4-13(17-9)10(2)16-8-15-7-12(16)11-5-14-6-11/h3-4,7-8,10-11,14H,5-6H2,1-2H3. The molecule has 3 heterocycles. The molecule has 3 rings (SSSR count). The van der Waals surface area contributed by atoms with Crippen molar-refractivity contribution in [2.75, 3.05) is 13.1 Å². The smallest absolute Gasteiger partial charge is 0.0954 e. The summed E-state index contributed by atoms with van der Waals surface area (Å²) in [5.41, 5.74) is 1.36. The van der Waals surface area contributed by atoms with Crippen LogP contribution >= 0.6 is 11.3 Å². The van der Waals surface area contributed by atoms with Gasteiger partial charge in [0.25, 0.3) is 0 Å². The maximum absolute atomic E-state index is 4.32. The van der Waals surface area contributed by atoms with E-state index in [9.17, 15) is 0 Å². The number of imidazole rings is 1. The van der Waals surface area contributed by atoms with Crippen LogP contribution < -0.4 is 5.32 Å². The molecular formula is C13H17N3S. The Morgan fingerprint density at radius 2 is 2.29 bits per heavy atom. The maximum Gasteiger partial charge on any atom is 0.0954 e. The zero-order chi connectivity index (χ0) is 11.8. The predicted octanol–water partition coefficient (Wildman–Crippen LogP) is 2.55. The van der Waals surface area contributed by atoms with Crippen LogP contribution in [0.5, 0.6) is 0 Å². The molecule has 17 heavy (non-hydrogen) atoms. The molecular weight excluding hydrogens is 230 g/mol. The molecule has 1 aliphatic heterocycles. The van der Waals surface area contributed by atoms with Gasteiger partial charge in [0.05, 0.1) is 12.4 Å². The zero-order valence-electron chi connectivity index (χ0n) is 10.2. The minimum Gasteiger partial charge on any atom is -0.326 e. The first-order chi connectivity index (χ1) is 8.25. The summed E-state index contributed by atoms with van der Waals surface area (Å²) in [6.45, 7) is 6.58. The number of nitrogens with one attached hydrogen (secondary N) is 1. The van der Waals surface area contributed by atoms with Crippen molar-refractivity contribution in [1.82, 2.24) is 14.9 Å². The third-order valence-corrected chi connectivity index (χ3v) is 4.66. The van der Waals surface area contributed by atoms with Crippen LogP contribution in [0.1, 0.15) is 34.3 Å². The molecule has 0 saturated carbocycles. The van der Waals surface area contributed by atoms with Crippen molar-refractivity contribution in [2.24, 2.45) is 0 Å². The average Bonchev–Trinajstić information content (AvgIpc) is 2.84. The van der Waals surface area contributed by atoms with Crippen LogP contribution in [0.3, 0.4) is 0 Å². The van der Waals surface area contributed by atoms with Gasteiger partial charge in [-0.25, -0.2) is 4.98 Å². The van der Waals surface area contributed by atoms with E-state index in [0.29, 0.717) is 12.0 Å². The fourth-order valence-electron chi connectivity index (χ4n) is 2.27. The van der Waals surface area contributed by atoms with E-state index in [2.05, 4.69) is 40.8 Å². The molecule has 2 aromatic rings. The molecule has 0 spiro atoms. The fourth-order valence-corrected chi connectivity index (χ4v) is 3.20. The molecule has 2 aromatic heterocycles. The second-order valence-electron chi connectivity index (χ2n) is 4.71. The SMILES string of the molecule is Cc1ccc(C(C)n2cncc2C2CNC2)s1. The van der Waals surface area contributed by atoms with Crippen molar-refractivity contribution in [1.29, 1.82) is 0 Å². The highest BCUT2D eigenvalue weighted by molar-refractivity contribution is 7.12. The van der Waals surface area contributed by atoms with Crippen LogP contribution in [0.4, 0.5) is 0 Å². The van der Waals surface area contributed by atoms with Crippen LogP contribution in [0, 0.1) is 6.92 Å². The molecule has 0 bridgehead atoms. The lowest BCUT2D eigenvalue weighted by Gasteiger charge is -2.29. The van der Waals surface area contributed by atoms with Crippen molar-refractivity contribution >= 4 is 11.3 Å². The van der Waals surface area contributed by atoms with Crippen molar-refractivity contribution in [3.05, 3.63) is 40.1 Å². The summed E-state index contributed by atoms with van der Waals surface area (Å²) >= 11 is 1.88. The van der Waals surface area contributed by atoms with Crippen LogP contribution in [0.15, 0.2) is 24.7 Å². The minimum atomic E-state index is 0.395. The third-order valence-electron chi connectivity index (χ3n) is 3.49. The topological polar surface area (TPSA) is 29.9 Å². The summed E-state index contributed by atoms with van der Waals surface area (Å²) in [4.78, 5) is 7.10. The van der Waals surface area contributed by atoms with Crippen molar-refractivity contribution in [3.8, 4) is 0 Å². The number of aryl methyl sites for hydroxylation is 1. The van der Waals surface area contributed by atoms with Crippen molar-refractivity contribution in [3.63, 3.8) is 0 Å². The van der Waals surface area contributed by atoms with Gasteiger partial charge in [-0.2, -0.15) is 0 Å². The van der Waals surface area contributed by atoms with Gasteiger partial charge in [0.15, 0.2) is 0 Å². The summed E-state index contributed by atoms with van der Waals surface area (Å²) in [5.74, 6) is 0.640. The van der Waals surface area contributed by atoms with Gasteiger partial charge in [-0.1, -0.05) is 0 Å². The van der Waals surface area contributed by atoms with Crippen molar-refractivity contribution in [2.45, 2.75) is 25.8 Å². The van der Waals surface area contributed by atoms with E-state index in [1.54, 1.807) is 0 Å². The first-order valence-corrected chi connectivity index (χ1v) is 6.86. The number of hydrogen-bond acceptors (Lipinski definition) is 3. The van der Waals surface area contributed by atoms with E-state index >= 15 is 0 Å². The molecule has 1 fully saturated rings. The predicted molar refractivity (Wildman–Crippen MR) is 70.7 cm³/mol. The van der Waals surface area contributed by atoms with Gasteiger partial charge in [0, 0.05) is 40.7 Å². The normalized spacial score (nSPS) is 18.0. The van der Waals surface area contributed by atoms with Crippen LogP contribution in [-0.4, -0.2) is 22.6 Å². The van der Waals surface area contributed by atoms with Crippen LogP contribution in [0.2, 0.25) is 0 Å². The summed E-state index contributed by atoms with van der Waals surface area (Å²) < 4.78 is 2.32. The molecule has 3 nitrogen and oxygen atoms in total. The number of nitrogens with zero attached hydrogens (tertiary/aromatic N) is 2. The zero-order valence-corrected chi connectivity index (χ0v) is 11.0. The number of aromatic nitrogens is 2. The molecule has 1 atom stereocenters. The molecule has 1 aliphatic rings. The third kappa shape index (κ3) is 1.91. The average molecular weight is 247 g/mol. The lowest BCUT2D eigenvalue weighted by molar-refractivity contribution is 0.419. The van der Waals surface area contributed by atoms with E-state index < -0.39 is 0 Å². The summed E-state index contributed by atoms with van der Waals surface area (Å²) in [6.07, 6.45) is 3.98. The van der Waals surface area contributed by atoms with Gasteiger partial charge >= 0.3 is 0 Å². The van der Waals surface area contributed by atoms with E-state index in [-0.39, 0.29) is 0 Å². The fraction of sp³-hybridized carbons (Fsp3) is 0.462. The Balaban J connectivity index is 1.90. The van der Waals surface area contributed by atoms with Gasteiger partial charge in [-0.05, 0) is 26.0 Å². The van der Waals surface area contributed by atoms with Crippen LogP contribution in [-0.2, 0) is 0 Å².